The van der Waals surface area contributed by atoms with Gasteiger partial charge in [0.05, 0.1) is 14.2 Å². The second-order valence-corrected chi connectivity index (χ2v) is 4.62. The van der Waals surface area contributed by atoms with Crippen LogP contribution in [0, 0.1) is 0 Å². The van der Waals surface area contributed by atoms with E-state index in [1.165, 1.54) is 11.1 Å². The van der Waals surface area contributed by atoms with Crippen molar-refractivity contribution >= 4 is 6.08 Å². The third-order valence-corrected chi connectivity index (χ3v) is 3.39. The summed E-state index contributed by atoms with van der Waals surface area (Å²) in [5.41, 5.74) is 3.62. The fourth-order valence-electron chi connectivity index (χ4n) is 2.18. The molecular formula is C18H20O2. The molecule has 2 nitrogen and oxygen atoms in total. The zero-order valence-corrected chi connectivity index (χ0v) is 12.1. The molecular weight excluding hydrogens is 248 g/mol. The van der Waals surface area contributed by atoms with Crippen LogP contribution in [-0.4, -0.2) is 14.2 Å². The molecule has 2 aromatic carbocycles. The maximum Gasteiger partial charge on any atom is 0.122 e. The normalized spacial score (nSPS) is 10.1. The Morgan fingerprint density at radius 1 is 0.950 bits per heavy atom. The van der Waals surface area contributed by atoms with Gasteiger partial charge in [-0.15, -0.1) is 0 Å². The van der Waals surface area contributed by atoms with E-state index >= 15 is 0 Å². The van der Waals surface area contributed by atoms with Crippen LogP contribution in [0.15, 0.2) is 49.0 Å². The molecule has 0 saturated heterocycles. The van der Waals surface area contributed by atoms with Crippen molar-refractivity contribution in [3.63, 3.8) is 0 Å². The quantitative estimate of drug-likeness (QED) is 0.784. The fourth-order valence-corrected chi connectivity index (χ4v) is 2.18. The molecule has 2 rings (SSSR count). The van der Waals surface area contributed by atoms with Gasteiger partial charge < -0.3 is 9.47 Å². The molecule has 0 fully saturated rings. The zero-order valence-electron chi connectivity index (χ0n) is 12.1. The number of methoxy groups -OCH3 is 2. The van der Waals surface area contributed by atoms with Crippen LogP contribution in [0.3, 0.4) is 0 Å². The first-order chi connectivity index (χ1) is 9.76. The highest BCUT2D eigenvalue weighted by Gasteiger charge is 2.05. The molecule has 2 heteroatoms. The van der Waals surface area contributed by atoms with Gasteiger partial charge in [0.25, 0.3) is 0 Å². The summed E-state index contributed by atoms with van der Waals surface area (Å²) in [7, 11) is 3.38. The van der Waals surface area contributed by atoms with Crippen molar-refractivity contribution in [2.75, 3.05) is 14.2 Å². The van der Waals surface area contributed by atoms with Crippen LogP contribution in [0.1, 0.15) is 16.7 Å². The Bertz CT molecular complexity index is 570. The first-order valence-corrected chi connectivity index (χ1v) is 6.69. The third-order valence-electron chi connectivity index (χ3n) is 3.39. The van der Waals surface area contributed by atoms with E-state index in [1.807, 2.05) is 24.3 Å². The molecule has 0 atom stereocenters. The minimum Gasteiger partial charge on any atom is -0.497 e. The van der Waals surface area contributed by atoms with Crippen LogP contribution in [0.25, 0.3) is 6.08 Å². The summed E-state index contributed by atoms with van der Waals surface area (Å²) < 4.78 is 10.7. The highest BCUT2D eigenvalue weighted by molar-refractivity contribution is 5.47. The SMILES string of the molecule is C=Cc1ccc(CCc2cc(OC)ccc2OC)cc1. The maximum absolute atomic E-state index is 5.40. The van der Waals surface area contributed by atoms with Gasteiger partial charge in [0.15, 0.2) is 0 Å². The summed E-state index contributed by atoms with van der Waals surface area (Å²) in [5.74, 6) is 1.77. The Kier molecular flexibility index (Phi) is 4.83. The molecule has 0 aromatic heterocycles. The van der Waals surface area contributed by atoms with Crippen LogP contribution in [0.4, 0.5) is 0 Å². The van der Waals surface area contributed by atoms with Crippen LogP contribution in [0.5, 0.6) is 11.5 Å². The summed E-state index contributed by atoms with van der Waals surface area (Å²) >= 11 is 0. The number of benzene rings is 2. The lowest BCUT2D eigenvalue weighted by Crippen LogP contribution is -1.96. The van der Waals surface area contributed by atoms with E-state index in [1.54, 1.807) is 14.2 Å². The van der Waals surface area contributed by atoms with E-state index in [2.05, 4.69) is 30.8 Å². The smallest absolute Gasteiger partial charge is 0.122 e. The van der Waals surface area contributed by atoms with E-state index in [-0.39, 0.29) is 0 Å². The Morgan fingerprint density at radius 3 is 2.30 bits per heavy atom. The van der Waals surface area contributed by atoms with Crippen molar-refractivity contribution in [3.8, 4) is 11.5 Å². The summed E-state index contributed by atoms with van der Waals surface area (Å²) in [6.45, 7) is 3.77. The van der Waals surface area contributed by atoms with Crippen molar-refractivity contribution in [1.29, 1.82) is 0 Å². The molecule has 0 spiro atoms. The molecule has 20 heavy (non-hydrogen) atoms. The van der Waals surface area contributed by atoms with Gasteiger partial charge in [-0.05, 0) is 47.7 Å². The van der Waals surface area contributed by atoms with Crippen LogP contribution in [-0.2, 0) is 12.8 Å². The Morgan fingerprint density at radius 2 is 1.70 bits per heavy atom. The predicted molar refractivity (Wildman–Crippen MR) is 83.5 cm³/mol. The summed E-state index contributed by atoms with van der Waals surface area (Å²) in [6, 6.07) is 14.4. The monoisotopic (exact) mass is 268 g/mol. The minimum atomic E-state index is 0.864. The van der Waals surface area contributed by atoms with Gasteiger partial charge in [-0.2, -0.15) is 0 Å². The second-order valence-electron chi connectivity index (χ2n) is 4.62. The zero-order chi connectivity index (χ0) is 14.4. The number of hydrogen-bond acceptors (Lipinski definition) is 2. The van der Waals surface area contributed by atoms with Crippen molar-refractivity contribution in [2.24, 2.45) is 0 Å². The Balaban J connectivity index is 2.10. The largest absolute Gasteiger partial charge is 0.497 e. The fraction of sp³-hybridized carbons (Fsp3) is 0.222. The molecule has 0 bridgehead atoms. The summed E-state index contributed by atoms with van der Waals surface area (Å²) in [6.07, 6.45) is 3.75. The molecule has 0 saturated carbocycles. The number of hydrogen-bond donors (Lipinski definition) is 0. The first kappa shape index (κ1) is 14.2. The number of aryl methyl sites for hydroxylation is 2. The highest BCUT2D eigenvalue weighted by atomic mass is 16.5. The van der Waals surface area contributed by atoms with Gasteiger partial charge in [0.2, 0.25) is 0 Å². The molecule has 0 heterocycles. The van der Waals surface area contributed by atoms with E-state index in [0.29, 0.717) is 0 Å². The first-order valence-electron chi connectivity index (χ1n) is 6.69. The molecule has 0 aliphatic rings. The molecule has 0 aliphatic heterocycles. The van der Waals surface area contributed by atoms with Gasteiger partial charge in [-0.1, -0.05) is 36.9 Å². The highest BCUT2D eigenvalue weighted by Crippen LogP contribution is 2.25. The van der Waals surface area contributed by atoms with Crippen LogP contribution >= 0.6 is 0 Å². The van der Waals surface area contributed by atoms with Crippen molar-refractivity contribution in [2.45, 2.75) is 12.8 Å². The van der Waals surface area contributed by atoms with Gasteiger partial charge >= 0.3 is 0 Å². The number of ether oxygens (including phenoxy) is 2. The van der Waals surface area contributed by atoms with E-state index in [9.17, 15) is 0 Å². The van der Waals surface area contributed by atoms with Crippen molar-refractivity contribution in [3.05, 3.63) is 65.7 Å². The van der Waals surface area contributed by atoms with Crippen LogP contribution < -0.4 is 9.47 Å². The topological polar surface area (TPSA) is 18.5 Å². The third kappa shape index (κ3) is 3.41. The average molecular weight is 268 g/mol. The second kappa shape index (κ2) is 6.80. The van der Waals surface area contributed by atoms with E-state index < -0.39 is 0 Å². The van der Waals surface area contributed by atoms with Crippen molar-refractivity contribution in [1.82, 2.24) is 0 Å². The average Bonchev–Trinajstić information content (AvgIpc) is 2.53. The predicted octanol–water partition coefficient (Wildman–Crippen LogP) is 4.13. The van der Waals surface area contributed by atoms with Crippen molar-refractivity contribution < 1.29 is 9.47 Å². The molecule has 104 valence electrons. The van der Waals surface area contributed by atoms with Gasteiger partial charge in [-0.3, -0.25) is 0 Å². The minimum absolute atomic E-state index is 0.864. The molecule has 0 radical (unpaired) electrons. The summed E-state index contributed by atoms with van der Waals surface area (Å²) in [4.78, 5) is 0. The van der Waals surface area contributed by atoms with Gasteiger partial charge in [0, 0.05) is 0 Å². The molecule has 0 unspecified atom stereocenters. The molecule has 0 N–H and O–H groups in total. The van der Waals surface area contributed by atoms with Crippen LogP contribution in [0.2, 0.25) is 0 Å². The standard InChI is InChI=1S/C18H20O2/c1-4-14-5-7-15(8-6-14)9-10-16-13-17(19-2)11-12-18(16)20-3/h4-8,11-13H,1,9-10H2,2-3H3. The molecule has 2 aromatic rings. The Labute approximate surface area is 120 Å². The summed E-state index contributed by atoms with van der Waals surface area (Å²) in [5, 5.41) is 0. The number of rotatable bonds is 6. The lowest BCUT2D eigenvalue weighted by Gasteiger charge is -2.10. The van der Waals surface area contributed by atoms with E-state index in [4.69, 9.17) is 9.47 Å². The van der Waals surface area contributed by atoms with E-state index in [0.717, 1.165) is 29.9 Å². The molecule has 0 aliphatic carbocycles. The van der Waals surface area contributed by atoms with Gasteiger partial charge in [0.1, 0.15) is 11.5 Å². The Hall–Kier alpha value is -2.22. The van der Waals surface area contributed by atoms with Gasteiger partial charge in [-0.25, -0.2) is 0 Å². The maximum atomic E-state index is 5.40. The molecule has 0 amide bonds. The lowest BCUT2D eigenvalue weighted by molar-refractivity contribution is 0.398. The lowest BCUT2D eigenvalue weighted by atomic mass is 10.0.